The summed E-state index contributed by atoms with van der Waals surface area (Å²) in [5.74, 6) is -0.775. The van der Waals surface area contributed by atoms with Gasteiger partial charge >= 0.3 is 5.97 Å². The number of hydrogen-bond acceptors (Lipinski definition) is 3. The molecule has 0 spiro atoms. The summed E-state index contributed by atoms with van der Waals surface area (Å²) < 4.78 is 5.88. The molecule has 0 aromatic rings. The van der Waals surface area contributed by atoms with Crippen molar-refractivity contribution < 1.29 is 18.8 Å². The van der Waals surface area contributed by atoms with Gasteiger partial charge < -0.3 is 15.0 Å². The molecule has 5 nitrogen and oxygen atoms in total. The summed E-state index contributed by atoms with van der Waals surface area (Å²) in [5, 5.41) is 0. The average molecular weight is 259 g/mol. The van der Waals surface area contributed by atoms with E-state index in [1.165, 1.54) is 0 Å². The first-order valence-electron chi connectivity index (χ1n) is 6.51. The van der Waals surface area contributed by atoms with Crippen LogP contribution in [0.5, 0.6) is 0 Å². The van der Waals surface area contributed by atoms with Gasteiger partial charge in [-0.15, -0.1) is 0 Å². The van der Waals surface area contributed by atoms with E-state index in [1.54, 1.807) is 0 Å². The molecule has 0 heterocycles. The first kappa shape index (κ1) is 16.9. The van der Waals surface area contributed by atoms with Crippen LogP contribution in [0.25, 0.3) is 0 Å². The molecule has 0 aliphatic carbocycles. The number of rotatable bonds is 9. The maximum Gasteiger partial charge on any atom is 0.306 e. The Kier molecular flexibility index (Phi) is 7.59. The molecule has 18 heavy (non-hydrogen) atoms. The van der Waals surface area contributed by atoms with Gasteiger partial charge in [0.15, 0.2) is 0 Å². The van der Waals surface area contributed by atoms with E-state index in [-0.39, 0.29) is 24.2 Å². The number of nitrogens with two attached hydrogens (primary N) is 1. The van der Waals surface area contributed by atoms with Gasteiger partial charge in [0.1, 0.15) is 13.2 Å². The normalized spacial score (nSPS) is 13.1. The van der Waals surface area contributed by atoms with Crippen molar-refractivity contribution in [2.45, 2.75) is 32.6 Å². The largest absolute Gasteiger partial charge is 0.460 e. The van der Waals surface area contributed by atoms with Crippen molar-refractivity contribution in [3.8, 4) is 0 Å². The number of ether oxygens (including phenoxy) is 1. The number of carbonyl (C=O) groups is 2. The Morgan fingerprint density at radius 1 is 1.22 bits per heavy atom. The Balaban J connectivity index is 3.84. The van der Waals surface area contributed by atoms with Gasteiger partial charge in [-0.2, -0.15) is 0 Å². The third-order valence-corrected chi connectivity index (χ3v) is 2.76. The van der Waals surface area contributed by atoms with Crippen molar-refractivity contribution in [2.75, 3.05) is 34.3 Å². The fourth-order valence-corrected chi connectivity index (χ4v) is 1.57. The molecule has 1 atom stereocenters. The number of esters is 1. The quantitative estimate of drug-likeness (QED) is 0.494. The van der Waals surface area contributed by atoms with Crippen molar-refractivity contribution in [3.63, 3.8) is 0 Å². The molecule has 0 aliphatic rings. The van der Waals surface area contributed by atoms with Crippen LogP contribution < -0.4 is 5.73 Å². The Morgan fingerprint density at radius 3 is 2.28 bits per heavy atom. The van der Waals surface area contributed by atoms with Crippen molar-refractivity contribution in [1.82, 2.24) is 0 Å². The van der Waals surface area contributed by atoms with Crippen molar-refractivity contribution >= 4 is 11.9 Å². The van der Waals surface area contributed by atoms with Gasteiger partial charge in [0.05, 0.1) is 21.1 Å². The predicted molar refractivity (Wildman–Crippen MR) is 70.7 cm³/mol. The maximum absolute atomic E-state index is 11.5. The zero-order valence-electron chi connectivity index (χ0n) is 12.1. The van der Waals surface area contributed by atoms with Crippen LogP contribution in [0.4, 0.5) is 0 Å². The molecule has 0 rings (SSSR count). The number of hydrogen-bond donors (Lipinski definition) is 1. The lowest BCUT2D eigenvalue weighted by molar-refractivity contribution is -0.870. The predicted octanol–water partition coefficient (Wildman–Crippen LogP) is 0.918. The first-order valence-corrected chi connectivity index (χ1v) is 6.51. The molecule has 5 heteroatoms. The zero-order chi connectivity index (χ0) is 14.2. The van der Waals surface area contributed by atoms with Crippen LogP contribution in [0.15, 0.2) is 0 Å². The van der Waals surface area contributed by atoms with Crippen LogP contribution in [0.1, 0.15) is 32.6 Å². The SMILES string of the molecule is CCCC(CCC(=O)OCC[N+](C)(C)C)C(N)=O. The molecular formula is C13H27N2O3+. The number of nitrogens with zero attached hydrogens (tertiary/aromatic N) is 1. The molecule has 1 unspecified atom stereocenters. The summed E-state index contributed by atoms with van der Waals surface area (Å²) in [6.45, 7) is 3.19. The van der Waals surface area contributed by atoms with Crippen molar-refractivity contribution in [2.24, 2.45) is 11.7 Å². The van der Waals surface area contributed by atoms with E-state index in [0.717, 1.165) is 23.9 Å². The Bertz CT molecular complexity index is 272. The van der Waals surface area contributed by atoms with Crippen molar-refractivity contribution in [3.05, 3.63) is 0 Å². The number of primary amides is 1. The molecule has 0 aromatic carbocycles. The maximum atomic E-state index is 11.5. The number of likely N-dealkylation sites (N-methyl/N-ethyl adjacent to an activating group) is 1. The van der Waals surface area contributed by atoms with Gasteiger partial charge in [0.2, 0.25) is 5.91 Å². The Morgan fingerprint density at radius 2 is 1.83 bits per heavy atom. The van der Waals surface area contributed by atoms with Crippen LogP contribution >= 0.6 is 0 Å². The summed E-state index contributed by atoms with van der Waals surface area (Å²) in [5.41, 5.74) is 5.27. The lowest BCUT2D eigenvalue weighted by Crippen LogP contribution is -2.38. The van der Waals surface area contributed by atoms with Gasteiger partial charge in [0.25, 0.3) is 0 Å². The van der Waals surface area contributed by atoms with Crippen LogP contribution in [-0.4, -0.2) is 50.7 Å². The summed E-state index contributed by atoms with van der Waals surface area (Å²) in [4.78, 5) is 22.6. The van der Waals surface area contributed by atoms with E-state index in [0.29, 0.717) is 13.0 Å². The highest BCUT2D eigenvalue weighted by atomic mass is 16.5. The van der Waals surface area contributed by atoms with E-state index >= 15 is 0 Å². The second-order valence-corrected chi connectivity index (χ2v) is 5.66. The zero-order valence-corrected chi connectivity index (χ0v) is 12.1. The minimum absolute atomic E-state index is 0.207. The molecule has 0 bridgehead atoms. The molecule has 0 radical (unpaired) electrons. The second kappa shape index (κ2) is 8.08. The van der Waals surface area contributed by atoms with E-state index < -0.39 is 0 Å². The molecule has 0 aromatic heterocycles. The minimum Gasteiger partial charge on any atom is -0.460 e. The first-order chi connectivity index (χ1) is 8.26. The third-order valence-electron chi connectivity index (χ3n) is 2.76. The van der Waals surface area contributed by atoms with E-state index in [2.05, 4.69) is 0 Å². The molecular weight excluding hydrogens is 232 g/mol. The Hall–Kier alpha value is -1.10. The summed E-state index contributed by atoms with van der Waals surface area (Å²) in [6, 6.07) is 0. The summed E-state index contributed by atoms with van der Waals surface area (Å²) >= 11 is 0. The summed E-state index contributed by atoms with van der Waals surface area (Å²) in [6.07, 6.45) is 2.39. The highest BCUT2D eigenvalue weighted by Gasteiger charge is 2.17. The topological polar surface area (TPSA) is 69.4 Å². The number of quaternary nitrogens is 1. The van der Waals surface area contributed by atoms with Crippen LogP contribution in [0.2, 0.25) is 0 Å². The Labute approximate surface area is 110 Å². The van der Waals surface area contributed by atoms with Gasteiger partial charge in [0, 0.05) is 12.3 Å². The molecule has 0 saturated carbocycles. The van der Waals surface area contributed by atoms with Crippen LogP contribution in [-0.2, 0) is 14.3 Å². The highest BCUT2D eigenvalue weighted by Crippen LogP contribution is 2.13. The molecule has 0 saturated heterocycles. The van der Waals surface area contributed by atoms with E-state index in [1.807, 2.05) is 28.1 Å². The van der Waals surface area contributed by atoms with Gasteiger partial charge in [-0.3, -0.25) is 9.59 Å². The van der Waals surface area contributed by atoms with Gasteiger partial charge in [-0.1, -0.05) is 13.3 Å². The standard InChI is InChI=1S/C13H26N2O3/c1-5-6-11(13(14)17)7-8-12(16)18-10-9-15(2,3)4/h11H,5-10H2,1-4H3,(H-,14,17)/p+1. The van der Waals surface area contributed by atoms with Gasteiger partial charge in [-0.25, -0.2) is 0 Å². The van der Waals surface area contributed by atoms with Gasteiger partial charge in [-0.05, 0) is 12.8 Å². The average Bonchev–Trinajstić information content (AvgIpc) is 2.21. The molecule has 1 amide bonds. The fourth-order valence-electron chi connectivity index (χ4n) is 1.57. The van der Waals surface area contributed by atoms with Crippen LogP contribution in [0.3, 0.4) is 0 Å². The smallest absolute Gasteiger partial charge is 0.306 e. The highest BCUT2D eigenvalue weighted by molar-refractivity contribution is 5.77. The number of amides is 1. The lowest BCUT2D eigenvalue weighted by atomic mass is 9.97. The monoisotopic (exact) mass is 259 g/mol. The van der Waals surface area contributed by atoms with E-state index in [4.69, 9.17) is 10.5 Å². The second-order valence-electron chi connectivity index (χ2n) is 5.66. The third kappa shape index (κ3) is 8.98. The summed E-state index contributed by atoms with van der Waals surface area (Å²) in [7, 11) is 6.12. The minimum atomic E-state index is -0.323. The lowest BCUT2D eigenvalue weighted by Gasteiger charge is -2.23. The number of carbonyl (C=O) groups excluding carboxylic acids is 2. The van der Waals surface area contributed by atoms with E-state index in [9.17, 15) is 9.59 Å². The molecule has 0 aliphatic heterocycles. The van der Waals surface area contributed by atoms with Crippen molar-refractivity contribution in [1.29, 1.82) is 0 Å². The van der Waals surface area contributed by atoms with Crippen LogP contribution in [0, 0.1) is 5.92 Å². The molecule has 2 N–H and O–H groups in total. The fraction of sp³-hybridized carbons (Fsp3) is 0.846. The molecule has 106 valence electrons. The molecule has 0 fully saturated rings.